The largest absolute Gasteiger partial charge is 0.378 e. The van der Waals surface area contributed by atoms with Gasteiger partial charge in [-0.2, -0.15) is 10.1 Å². The Bertz CT molecular complexity index is 1320. The molecule has 0 aliphatic carbocycles. The number of fused-ring (bicyclic) bond motifs is 1. The van der Waals surface area contributed by atoms with E-state index >= 15 is 0 Å². The van der Waals surface area contributed by atoms with Crippen LogP contribution in [0.2, 0.25) is 0 Å². The van der Waals surface area contributed by atoms with E-state index in [1.165, 1.54) is 0 Å². The topological polar surface area (TPSA) is 138 Å². The van der Waals surface area contributed by atoms with Gasteiger partial charge in [0.25, 0.3) is 11.8 Å². The number of rotatable bonds is 6. The number of carbonyl (C=O) groups excluding carboxylic acids is 2. The molecule has 0 spiro atoms. The molecule has 0 bridgehead atoms. The summed E-state index contributed by atoms with van der Waals surface area (Å²) in [6, 6.07) is 12.5. The average Bonchev–Trinajstić information content (AvgIpc) is 3.48. The summed E-state index contributed by atoms with van der Waals surface area (Å²) in [6.45, 7) is 4.88. The first-order chi connectivity index (χ1) is 16.6. The second-order valence-corrected chi connectivity index (χ2v) is 7.85. The molecule has 0 saturated carbocycles. The van der Waals surface area contributed by atoms with Crippen LogP contribution in [0, 0.1) is 6.92 Å². The van der Waals surface area contributed by atoms with Gasteiger partial charge in [-0.15, -0.1) is 0 Å². The van der Waals surface area contributed by atoms with Crippen molar-refractivity contribution in [3.63, 3.8) is 0 Å². The molecule has 11 nitrogen and oxygen atoms in total. The third-order valence-corrected chi connectivity index (χ3v) is 5.53. The zero-order valence-corrected chi connectivity index (χ0v) is 18.5. The fraction of sp³-hybridized carbons (Fsp3) is 0.261. The highest BCUT2D eigenvalue weighted by molar-refractivity contribution is 6.09. The summed E-state index contributed by atoms with van der Waals surface area (Å²) in [5, 5.41) is 17.0. The number of hydrogen-bond acceptors (Lipinski definition) is 8. The zero-order valence-electron chi connectivity index (χ0n) is 18.5. The summed E-state index contributed by atoms with van der Waals surface area (Å²) in [5.41, 5.74) is 2.67. The SMILES string of the molecule is Cc1noc(CNC(=O)c2ccc3[nH]nc(NC(=O)c4ccc(N5CCOCC5)cc4)c3c2)n1. The second kappa shape index (κ2) is 9.32. The Balaban J connectivity index is 1.27. The summed E-state index contributed by atoms with van der Waals surface area (Å²) >= 11 is 0. The summed E-state index contributed by atoms with van der Waals surface area (Å²) in [5.74, 6) is 0.570. The van der Waals surface area contributed by atoms with Crippen molar-refractivity contribution in [2.75, 3.05) is 36.5 Å². The van der Waals surface area contributed by atoms with Crippen molar-refractivity contribution >= 4 is 34.2 Å². The van der Waals surface area contributed by atoms with Gasteiger partial charge in [-0.3, -0.25) is 14.7 Å². The number of nitrogens with zero attached hydrogens (tertiary/aromatic N) is 4. The number of aromatic nitrogens is 4. The first-order valence-corrected chi connectivity index (χ1v) is 10.9. The molecule has 0 atom stereocenters. The van der Waals surface area contributed by atoms with Crippen LogP contribution in [-0.4, -0.2) is 58.5 Å². The maximum atomic E-state index is 12.8. The number of amides is 2. The van der Waals surface area contributed by atoms with Crippen molar-refractivity contribution in [1.29, 1.82) is 0 Å². The van der Waals surface area contributed by atoms with E-state index in [0.717, 1.165) is 18.8 Å². The summed E-state index contributed by atoms with van der Waals surface area (Å²) in [4.78, 5) is 31.7. The van der Waals surface area contributed by atoms with Crippen LogP contribution in [-0.2, 0) is 11.3 Å². The standard InChI is InChI=1S/C23H23N7O4/c1-14-25-20(34-29-14)13-24-22(31)16-4-7-19-18(12-16)21(28-27-19)26-23(32)15-2-5-17(6-3-15)30-8-10-33-11-9-30/h2-7,12H,8-11,13H2,1H3,(H,24,31)(H2,26,27,28,32). The average molecular weight is 461 g/mol. The van der Waals surface area contributed by atoms with Crippen molar-refractivity contribution in [2.24, 2.45) is 0 Å². The van der Waals surface area contributed by atoms with Crippen LogP contribution < -0.4 is 15.5 Å². The molecule has 2 amide bonds. The molecule has 1 aliphatic heterocycles. The van der Waals surface area contributed by atoms with Gasteiger partial charge in [0.15, 0.2) is 11.6 Å². The predicted octanol–water partition coefficient (Wildman–Crippen LogP) is 2.27. The summed E-state index contributed by atoms with van der Waals surface area (Å²) in [7, 11) is 0. The zero-order chi connectivity index (χ0) is 23.5. The monoisotopic (exact) mass is 461 g/mol. The van der Waals surface area contributed by atoms with Crippen LogP contribution in [0.5, 0.6) is 0 Å². The first-order valence-electron chi connectivity index (χ1n) is 10.9. The fourth-order valence-corrected chi connectivity index (χ4v) is 3.75. The molecule has 5 rings (SSSR count). The van der Waals surface area contributed by atoms with E-state index in [1.807, 2.05) is 12.1 Å². The lowest BCUT2D eigenvalue weighted by molar-refractivity contribution is 0.0945. The molecule has 34 heavy (non-hydrogen) atoms. The third kappa shape index (κ3) is 4.59. The Morgan fingerprint density at radius 3 is 2.56 bits per heavy atom. The van der Waals surface area contributed by atoms with Gasteiger partial charge in [0.1, 0.15) is 0 Å². The Kier molecular flexibility index (Phi) is 5.91. The highest BCUT2D eigenvalue weighted by atomic mass is 16.5. The van der Waals surface area contributed by atoms with Crippen molar-refractivity contribution in [3.05, 3.63) is 65.3 Å². The number of H-pyrrole nitrogens is 1. The third-order valence-electron chi connectivity index (χ3n) is 5.53. The number of nitrogens with one attached hydrogen (secondary N) is 3. The van der Waals surface area contributed by atoms with Crippen molar-refractivity contribution in [3.8, 4) is 0 Å². The molecule has 4 aromatic rings. The molecule has 174 valence electrons. The normalized spacial score (nSPS) is 13.7. The van der Waals surface area contributed by atoms with Crippen molar-refractivity contribution in [1.82, 2.24) is 25.7 Å². The number of carbonyl (C=O) groups is 2. The van der Waals surface area contributed by atoms with Crippen LogP contribution in [0.25, 0.3) is 10.9 Å². The number of aryl methyl sites for hydroxylation is 1. The molecule has 11 heteroatoms. The number of aromatic amines is 1. The van der Waals surface area contributed by atoms with Crippen LogP contribution in [0.3, 0.4) is 0 Å². The minimum absolute atomic E-state index is 0.118. The molecule has 0 radical (unpaired) electrons. The highest BCUT2D eigenvalue weighted by Gasteiger charge is 2.16. The molecule has 2 aromatic carbocycles. The Labute approximate surface area is 194 Å². The molecule has 1 fully saturated rings. The van der Waals surface area contributed by atoms with E-state index in [4.69, 9.17) is 9.26 Å². The van der Waals surface area contributed by atoms with Crippen LogP contribution in [0.15, 0.2) is 47.0 Å². The van der Waals surface area contributed by atoms with Gasteiger partial charge in [0.2, 0.25) is 5.89 Å². The van der Waals surface area contributed by atoms with E-state index in [1.54, 1.807) is 37.3 Å². The maximum absolute atomic E-state index is 12.8. The maximum Gasteiger partial charge on any atom is 0.256 e. The van der Waals surface area contributed by atoms with E-state index < -0.39 is 0 Å². The molecule has 1 saturated heterocycles. The molecular formula is C23H23N7O4. The number of hydrogen-bond donors (Lipinski definition) is 3. The summed E-state index contributed by atoms with van der Waals surface area (Å²) in [6.07, 6.45) is 0. The predicted molar refractivity (Wildman–Crippen MR) is 124 cm³/mol. The van der Waals surface area contributed by atoms with E-state index in [9.17, 15) is 9.59 Å². The quantitative estimate of drug-likeness (QED) is 0.398. The molecule has 1 aliphatic rings. The lowest BCUT2D eigenvalue weighted by atomic mass is 10.1. The smallest absolute Gasteiger partial charge is 0.256 e. The van der Waals surface area contributed by atoms with Crippen molar-refractivity contribution in [2.45, 2.75) is 13.5 Å². The van der Waals surface area contributed by atoms with Gasteiger partial charge in [0.05, 0.1) is 25.3 Å². The minimum Gasteiger partial charge on any atom is -0.378 e. The fourth-order valence-electron chi connectivity index (χ4n) is 3.75. The van der Waals surface area contributed by atoms with Gasteiger partial charge < -0.3 is 24.8 Å². The summed E-state index contributed by atoms with van der Waals surface area (Å²) < 4.78 is 10.4. The van der Waals surface area contributed by atoms with Crippen LogP contribution in [0.4, 0.5) is 11.5 Å². The Morgan fingerprint density at radius 2 is 1.82 bits per heavy atom. The van der Waals surface area contributed by atoms with Gasteiger partial charge in [0, 0.05) is 35.3 Å². The minimum atomic E-state index is -0.310. The molecule has 3 heterocycles. The van der Waals surface area contributed by atoms with Crippen LogP contribution in [0.1, 0.15) is 32.4 Å². The lowest BCUT2D eigenvalue weighted by Crippen LogP contribution is -2.36. The molecular weight excluding hydrogens is 438 g/mol. The Morgan fingerprint density at radius 1 is 1.06 bits per heavy atom. The van der Waals surface area contributed by atoms with Crippen LogP contribution >= 0.6 is 0 Å². The molecule has 0 unspecified atom stereocenters. The van der Waals surface area contributed by atoms with Gasteiger partial charge in [-0.05, 0) is 49.4 Å². The molecule has 2 aromatic heterocycles. The van der Waals surface area contributed by atoms with E-state index in [2.05, 4.69) is 35.9 Å². The number of anilines is 2. The molecule has 3 N–H and O–H groups in total. The second-order valence-electron chi connectivity index (χ2n) is 7.85. The lowest BCUT2D eigenvalue weighted by Gasteiger charge is -2.28. The van der Waals surface area contributed by atoms with Gasteiger partial charge in [-0.25, -0.2) is 0 Å². The first kappa shape index (κ1) is 21.6. The van der Waals surface area contributed by atoms with Gasteiger partial charge in [-0.1, -0.05) is 5.16 Å². The van der Waals surface area contributed by atoms with Crippen molar-refractivity contribution < 1.29 is 18.8 Å². The Hall–Kier alpha value is -4.25. The van der Waals surface area contributed by atoms with Gasteiger partial charge >= 0.3 is 0 Å². The van der Waals surface area contributed by atoms with E-state index in [0.29, 0.717) is 52.8 Å². The number of morpholine rings is 1. The van der Waals surface area contributed by atoms with E-state index in [-0.39, 0.29) is 18.4 Å². The number of benzene rings is 2. The highest BCUT2D eigenvalue weighted by Crippen LogP contribution is 2.23. The number of ether oxygens (including phenoxy) is 1.